The molecule has 16 heavy (non-hydrogen) atoms. The van der Waals surface area contributed by atoms with E-state index in [1.807, 2.05) is 39.5 Å². The molecule has 0 saturated carbocycles. The minimum atomic E-state index is 0.396. The van der Waals surface area contributed by atoms with Gasteiger partial charge in [-0.05, 0) is 19.3 Å². The molecule has 96 valence electrons. The molecule has 1 aliphatic rings. The zero-order valence-electron chi connectivity index (χ0n) is 12.3. The first-order valence-corrected chi connectivity index (χ1v) is 7.51. The van der Waals surface area contributed by atoms with Crippen molar-refractivity contribution in [2.45, 2.75) is 72.5 Å². The Kier molecular flexibility index (Phi) is 12.9. The Hall–Kier alpha value is -0.170. The smallest absolute Gasteiger partial charge is 0.0148 e. The van der Waals surface area contributed by atoms with Gasteiger partial charge in [-0.15, -0.1) is 11.8 Å². The van der Waals surface area contributed by atoms with Gasteiger partial charge >= 0.3 is 0 Å². The number of allylic oxidation sites excluding steroid dienone is 3. The lowest BCUT2D eigenvalue weighted by molar-refractivity contribution is 0.687. The van der Waals surface area contributed by atoms with Crippen LogP contribution in [0.5, 0.6) is 0 Å². The largest absolute Gasteiger partial charge is 0.120 e. The van der Waals surface area contributed by atoms with Crippen LogP contribution in [-0.4, -0.2) is 4.75 Å². The summed E-state index contributed by atoms with van der Waals surface area (Å²) in [6.07, 6.45) is 10.5. The van der Waals surface area contributed by atoms with Crippen LogP contribution in [0.15, 0.2) is 23.1 Å². The van der Waals surface area contributed by atoms with Gasteiger partial charge < -0.3 is 0 Å². The van der Waals surface area contributed by atoms with Gasteiger partial charge in [0.15, 0.2) is 0 Å². The second kappa shape index (κ2) is 11.3. The van der Waals surface area contributed by atoms with Crippen LogP contribution in [0.3, 0.4) is 0 Å². The molecule has 0 bridgehead atoms. The van der Waals surface area contributed by atoms with Crippen molar-refractivity contribution in [2.24, 2.45) is 0 Å². The maximum Gasteiger partial charge on any atom is 0.0148 e. The molecule has 0 unspecified atom stereocenters. The van der Waals surface area contributed by atoms with Crippen LogP contribution in [0.1, 0.15) is 67.7 Å². The van der Waals surface area contributed by atoms with E-state index in [0.717, 1.165) is 0 Å². The quantitative estimate of drug-likeness (QED) is 0.568. The van der Waals surface area contributed by atoms with Crippen LogP contribution in [0.4, 0.5) is 0 Å². The van der Waals surface area contributed by atoms with Crippen LogP contribution in [-0.2, 0) is 0 Å². The summed E-state index contributed by atoms with van der Waals surface area (Å²) >= 11 is 2.00. The average molecular weight is 242 g/mol. The molecule has 0 amide bonds. The molecule has 0 heterocycles. The summed E-state index contributed by atoms with van der Waals surface area (Å²) in [5.41, 5.74) is 0. The van der Waals surface area contributed by atoms with Gasteiger partial charge in [-0.1, -0.05) is 66.7 Å². The molecule has 1 heteroatoms. The summed E-state index contributed by atoms with van der Waals surface area (Å²) in [6, 6.07) is 0. The van der Waals surface area contributed by atoms with Gasteiger partial charge in [-0.2, -0.15) is 0 Å². The van der Waals surface area contributed by atoms with E-state index < -0.39 is 0 Å². The molecular formula is C15H30S. The molecule has 0 fully saturated rings. The van der Waals surface area contributed by atoms with Crippen molar-refractivity contribution < 1.29 is 0 Å². The molecule has 0 spiro atoms. The standard InChI is InChI=1S/C11H18S.2C2H6/c1-4-11(2,3)12-10-8-6-5-7-9-10;2*1-2/h6,8-9H,4-5,7H2,1-3H3;2*1-2H3. The first-order chi connectivity index (χ1) is 7.64. The van der Waals surface area contributed by atoms with E-state index in [0.29, 0.717) is 4.75 Å². The molecule has 0 aromatic rings. The second-order valence-electron chi connectivity index (χ2n) is 3.80. The molecule has 0 aromatic carbocycles. The van der Waals surface area contributed by atoms with Crippen LogP contribution in [0.25, 0.3) is 0 Å². The second-order valence-corrected chi connectivity index (χ2v) is 5.58. The van der Waals surface area contributed by atoms with Crippen LogP contribution >= 0.6 is 11.8 Å². The van der Waals surface area contributed by atoms with E-state index in [9.17, 15) is 0 Å². The third-order valence-electron chi connectivity index (χ3n) is 2.21. The SMILES string of the molecule is CC.CC.CCC(C)(C)SC1=CCCC=C1. The summed E-state index contributed by atoms with van der Waals surface area (Å²) in [5, 5.41) is 0. The predicted octanol–water partition coefficient (Wildman–Crippen LogP) is 6.19. The summed E-state index contributed by atoms with van der Waals surface area (Å²) in [5.74, 6) is 0. The highest BCUT2D eigenvalue weighted by Gasteiger charge is 2.17. The molecule has 0 nitrogen and oxygen atoms in total. The monoisotopic (exact) mass is 242 g/mol. The molecule has 0 atom stereocenters. The molecule has 1 rings (SSSR count). The molecular weight excluding hydrogens is 212 g/mol. The lowest BCUT2D eigenvalue weighted by atomic mass is 10.1. The summed E-state index contributed by atoms with van der Waals surface area (Å²) in [6.45, 7) is 14.9. The molecule has 0 aliphatic heterocycles. The van der Waals surface area contributed by atoms with E-state index in [1.165, 1.54) is 24.2 Å². The summed E-state index contributed by atoms with van der Waals surface area (Å²) < 4.78 is 0.396. The predicted molar refractivity (Wildman–Crippen MR) is 81.1 cm³/mol. The van der Waals surface area contributed by atoms with Crippen LogP contribution < -0.4 is 0 Å². The van der Waals surface area contributed by atoms with Gasteiger partial charge in [-0.3, -0.25) is 0 Å². The highest BCUT2D eigenvalue weighted by molar-refractivity contribution is 8.04. The maximum absolute atomic E-state index is 2.35. The highest BCUT2D eigenvalue weighted by atomic mass is 32.2. The third-order valence-corrected chi connectivity index (χ3v) is 3.59. The van der Waals surface area contributed by atoms with E-state index in [2.05, 4.69) is 39.0 Å². The average Bonchev–Trinajstić information content (AvgIpc) is 2.35. The van der Waals surface area contributed by atoms with Gasteiger partial charge in [0, 0.05) is 9.65 Å². The van der Waals surface area contributed by atoms with Crippen LogP contribution in [0.2, 0.25) is 0 Å². The normalized spacial score (nSPS) is 14.1. The zero-order valence-corrected chi connectivity index (χ0v) is 13.1. The third kappa shape index (κ3) is 9.08. The Bertz CT molecular complexity index is 199. The first kappa shape index (κ1) is 18.2. The maximum atomic E-state index is 2.35. The fourth-order valence-electron chi connectivity index (χ4n) is 1.06. The van der Waals surface area contributed by atoms with Crippen molar-refractivity contribution in [1.29, 1.82) is 0 Å². The Morgan fingerprint density at radius 1 is 1.12 bits per heavy atom. The Balaban J connectivity index is 0. The van der Waals surface area contributed by atoms with Crippen LogP contribution in [0, 0.1) is 0 Å². The van der Waals surface area contributed by atoms with E-state index >= 15 is 0 Å². The molecule has 1 aliphatic carbocycles. The Morgan fingerprint density at radius 3 is 2.06 bits per heavy atom. The first-order valence-electron chi connectivity index (χ1n) is 6.70. The summed E-state index contributed by atoms with van der Waals surface area (Å²) in [7, 11) is 0. The van der Waals surface area contributed by atoms with Crippen molar-refractivity contribution in [3.8, 4) is 0 Å². The van der Waals surface area contributed by atoms with E-state index in [-0.39, 0.29) is 0 Å². The molecule has 0 N–H and O–H groups in total. The minimum Gasteiger partial charge on any atom is -0.120 e. The molecule has 0 aromatic heterocycles. The van der Waals surface area contributed by atoms with Crippen molar-refractivity contribution in [1.82, 2.24) is 0 Å². The number of hydrogen-bond acceptors (Lipinski definition) is 1. The van der Waals surface area contributed by atoms with Crippen molar-refractivity contribution in [3.63, 3.8) is 0 Å². The number of thioether (sulfide) groups is 1. The fraction of sp³-hybridized carbons (Fsp3) is 0.733. The van der Waals surface area contributed by atoms with Gasteiger partial charge in [0.05, 0.1) is 0 Å². The Labute approximate surface area is 108 Å². The molecule has 0 saturated heterocycles. The number of hydrogen-bond donors (Lipinski definition) is 0. The number of rotatable bonds is 3. The lowest BCUT2D eigenvalue weighted by Crippen LogP contribution is -2.12. The zero-order chi connectivity index (χ0) is 13.0. The van der Waals surface area contributed by atoms with Gasteiger partial charge in [0.25, 0.3) is 0 Å². The topological polar surface area (TPSA) is 0 Å². The van der Waals surface area contributed by atoms with Crippen molar-refractivity contribution in [2.75, 3.05) is 0 Å². The summed E-state index contributed by atoms with van der Waals surface area (Å²) in [4.78, 5) is 1.45. The fourth-order valence-corrected chi connectivity index (χ4v) is 2.20. The van der Waals surface area contributed by atoms with Gasteiger partial charge in [0.2, 0.25) is 0 Å². The van der Waals surface area contributed by atoms with E-state index in [1.54, 1.807) is 0 Å². The van der Waals surface area contributed by atoms with Gasteiger partial charge in [-0.25, -0.2) is 0 Å². The highest BCUT2D eigenvalue weighted by Crippen LogP contribution is 2.36. The van der Waals surface area contributed by atoms with Gasteiger partial charge in [0.1, 0.15) is 0 Å². The molecule has 0 radical (unpaired) electrons. The van der Waals surface area contributed by atoms with Crippen molar-refractivity contribution in [3.05, 3.63) is 23.1 Å². The van der Waals surface area contributed by atoms with E-state index in [4.69, 9.17) is 0 Å². The lowest BCUT2D eigenvalue weighted by Gasteiger charge is -2.23. The van der Waals surface area contributed by atoms with Crippen molar-refractivity contribution >= 4 is 11.8 Å². The minimum absolute atomic E-state index is 0.396. The Morgan fingerprint density at radius 2 is 1.69 bits per heavy atom.